The maximum absolute atomic E-state index is 13.5. The first-order valence-electron chi connectivity index (χ1n) is 28.0. The smallest absolute Gasteiger partial charge is 0.407 e. The molecule has 2 saturated heterocycles. The van der Waals surface area contributed by atoms with Crippen LogP contribution in [0.1, 0.15) is 103 Å². The average Bonchev–Trinajstić information content (AvgIpc) is 3.73. The SMILES string of the molecule is CC1O[C@@H](O[C@H]2/C=C/C=C/C=C/C=C/C=C/C=C/C=C/[C@H](C)[C@@H](O)[C@@H](C)[C@H](C)OC(=O)C[C@H](O)C[C@H](O)C[C@H](O)CC[C@@H](O)[C@H](O)C[C@]3(O)C[C@H](O)[C@@H](C)[C@H](C2)O3)C(O)[C@H](NC(=O)OCC2c3ccccc3-c3ccccc32)[C@@H]1O. The van der Waals surface area contributed by atoms with Gasteiger partial charge in [-0.05, 0) is 61.8 Å². The van der Waals surface area contributed by atoms with E-state index in [0.29, 0.717) is 0 Å². The third-order valence-electron chi connectivity index (χ3n) is 15.7. The van der Waals surface area contributed by atoms with Crippen molar-refractivity contribution in [2.45, 2.75) is 189 Å². The molecule has 6 rings (SSSR count). The standard InChI is InChI=1S/C62H85NO17/c1-37-22-16-14-12-10-8-6-7-9-11-13-15-17-23-45(79-60-59(73)56(58(72)41(5)78-60)63-61(74)76-36-50-48-26-20-18-24-46(48)47-25-19-21-27-49(47)50)33-54-39(3)52(68)34-62(75,80-54)35-53(69)51(67)29-28-42(64)30-43(65)31-44(66)32-55(70)77-40(4)38(2)57(37)71/h6-27,37-45,50-54,56-60,64-69,71-73,75H,28-36H2,1-5H3,(H,63,74)/b7-6+,10-8+,11-9+,14-12+,15-13+,22-16+,23-17+/t37-,38-,39+,40-,41?,42+,43+,44+,45-,51+,52-,53+,54-,56+,57+,58+,59?,60-,62-/m0/s1. The molecule has 2 bridgehead atoms. The lowest BCUT2D eigenvalue weighted by atomic mass is 9.83. The molecule has 80 heavy (non-hydrogen) atoms. The third kappa shape index (κ3) is 18.4. The van der Waals surface area contributed by atoms with E-state index in [1.165, 1.54) is 0 Å². The van der Waals surface area contributed by atoms with E-state index in [9.17, 15) is 60.7 Å². The Morgan fingerprint density at radius 2 is 1.16 bits per heavy atom. The summed E-state index contributed by atoms with van der Waals surface area (Å²) in [6, 6.07) is 14.5. The number of alkyl carbamates (subject to hydrolysis) is 1. The van der Waals surface area contributed by atoms with E-state index in [2.05, 4.69) is 5.32 Å². The Labute approximate surface area is 469 Å². The summed E-state index contributed by atoms with van der Waals surface area (Å²) in [5.41, 5.74) is 4.12. The van der Waals surface area contributed by atoms with Crippen molar-refractivity contribution >= 4 is 12.1 Å². The van der Waals surface area contributed by atoms with Crippen molar-refractivity contribution in [1.29, 1.82) is 0 Å². The Bertz CT molecular complexity index is 2450. The number of esters is 1. The number of cyclic esters (lactones) is 1. The largest absolute Gasteiger partial charge is 0.462 e. The number of carbonyl (C=O) groups is 2. The topological polar surface area (TPSA) is 295 Å². The zero-order valence-electron chi connectivity index (χ0n) is 46.4. The lowest BCUT2D eigenvalue weighted by molar-refractivity contribution is -0.310. The number of amides is 1. The van der Waals surface area contributed by atoms with Gasteiger partial charge in [0, 0.05) is 42.9 Å². The molecule has 2 aromatic carbocycles. The van der Waals surface area contributed by atoms with Gasteiger partial charge in [0.25, 0.3) is 0 Å². The van der Waals surface area contributed by atoms with Crippen LogP contribution in [-0.2, 0) is 28.5 Å². The van der Waals surface area contributed by atoms with Crippen molar-refractivity contribution in [3.63, 3.8) is 0 Å². The second kappa shape index (κ2) is 30.8. The van der Waals surface area contributed by atoms with Crippen LogP contribution in [0.2, 0.25) is 0 Å². The summed E-state index contributed by atoms with van der Waals surface area (Å²) in [6.07, 6.45) is 5.34. The summed E-state index contributed by atoms with van der Waals surface area (Å²) in [6.45, 7) is 8.53. The monoisotopic (exact) mass is 1120 g/mol. The van der Waals surface area contributed by atoms with Gasteiger partial charge in [-0.25, -0.2) is 4.79 Å². The van der Waals surface area contributed by atoms with Crippen molar-refractivity contribution in [2.75, 3.05) is 6.61 Å². The minimum atomic E-state index is -2.15. The highest BCUT2D eigenvalue weighted by molar-refractivity contribution is 5.79. The Balaban J connectivity index is 1.16. The van der Waals surface area contributed by atoms with Crippen LogP contribution < -0.4 is 5.32 Å². The Morgan fingerprint density at radius 3 is 1.77 bits per heavy atom. The first kappa shape index (κ1) is 64.0. The Hall–Kier alpha value is -5.16. The van der Waals surface area contributed by atoms with Gasteiger partial charge in [-0.3, -0.25) is 4.79 Å². The average molecular weight is 1120 g/mol. The van der Waals surface area contributed by atoms with Crippen molar-refractivity contribution in [3.05, 3.63) is 145 Å². The van der Waals surface area contributed by atoms with Gasteiger partial charge in [0.1, 0.15) is 24.9 Å². The molecule has 3 heterocycles. The van der Waals surface area contributed by atoms with Crippen LogP contribution >= 0.6 is 0 Å². The lowest BCUT2D eigenvalue weighted by Gasteiger charge is -2.46. The summed E-state index contributed by atoms with van der Waals surface area (Å²) in [5, 5.41) is 114. The molecular formula is C62H85NO17. The zero-order chi connectivity index (χ0) is 58.1. The molecule has 3 aliphatic heterocycles. The van der Waals surface area contributed by atoms with Crippen molar-refractivity contribution < 1.29 is 84.3 Å². The van der Waals surface area contributed by atoms with Gasteiger partial charge in [-0.2, -0.15) is 0 Å². The van der Waals surface area contributed by atoms with E-state index >= 15 is 0 Å². The first-order chi connectivity index (χ1) is 38.1. The molecule has 2 fully saturated rings. The molecule has 19 atom stereocenters. The fourth-order valence-corrected chi connectivity index (χ4v) is 10.7. The minimum Gasteiger partial charge on any atom is -0.462 e. The zero-order valence-corrected chi connectivity index (χ0v) is 46.4. The van der Waals surface area contributed by atoms with Crippen molar-refractivity contribution in [2.24, 2.45) is 17.8 Å². The predicted octanol–water partition coefficient (Wildman–Crippen LogP) is 5.23. The quantitative estimate of drug-likeness (QED) is 0.171. The summed E-state index contributed by atoms with van der Waals surface area (Å²) in [4.78, 5) is 26.2. The molecule has 18 nitrogen and oxygen atoms in total. The molecule has 2 unspecified atom stereocenters. The molecule has 440 valence electrons. The highest BCUT2D eigenvalue weighted by Gasteiger charge is 2.48. The first-order valence-corrected chi connectivity index (χ1v) is 28.0. The van der Waals surface area contributed by atoms with Gasteiger partial charge in [0.2, 0.25) is 0 Å². The second-order valence-corrected chi connectivity index (χ2v) is 22.0. The maximum atomic E-state index is 13.5. The van der Waals surface area contributed by atoms with E-state index < -0.39 is 134 Å². The Morgan fingerprint density at radius 1 is 0.613 bits per heavy atom. The summed E-state index contributed by atoms with van der Waals surface area (Å²) < 4.78 is 29.9. The summed E-state index contributed by atoms with van der Waals surface area (Å²) in [7, 11) is 0. The summed E-state index contributed by atoms with van der Waals surface area (Å²) >= 11 is 0. The second-order valence-electron chi connectivity index (χ2n) is 22.0. The number of hydrogen-bond donors (Lipinski definition) is 11. The molecule has 1 aliphatic carbocycles. The highest BCUT2D eigenvalue weighted by Crippen LogP contribution is 2.45. The number of nitrogens with one attached hydrogen (secondary N) is 1. The van der Waals surface area contributed by atoms with Gasteiger partial charge in [0.15, 0.2) is 12.1 Å². The lowest BCUT2D eigenvalue weighted by Crippen LogP contribution is -2.64. The fourth-order valence-electron chi connectivity index (χ4n) is 10.7. The number of aliphatic hydroxyl groups excluding tert-OH is 9. The van der Waals surface area contributed by atoms with Crippen LogP contribution in [0.25, 0.3) is 11.1 Å². The molecule has 11 N–H and O–H groups in total. The van der Waals surface area contributed by atoms with E-state index in [4.69, 9.17) is 23.7 Å². The van der Waals surface area contributed by atoms with Gasteiger partial charge in [-0.1, -0.05) is 154 Å². The molecule has 0 aromatic heterocycles. The number of rotatable bonds is 5. The molecule has 0 radical (unpaired) electrons. The third-order valence-corrected chi connectivity index (χ3v) is 15.7. The van der Waals surface area contributed by atoms with Crippen LogP contribution in [0.15, 0.2) is 134 Å². The number of benzene rings is 2. The van der Waals surface area contributed by atoms with Crippen LogP contribution in [-0.4, -0.2) is 167 Å². The molecule has 1 amide bonds. The maximum Gasteiger partial charge on any atom is 0.407 e. The van der Waals surface area contributed by atoms with E-state index in [1.807, 2.05) is 110 Å². The number of fused-ring (bicyclic) bond motifs is 5. The van der Waals surface area contributed by atoms with Crippen LogP contribution in [0.5, 0.6) is 0 Å². The van der Waals surface area contributed by atoms with Crippen LogP contribution in [0.4, 0.5) is 4.79 Å². The number of hydrogen-bond acceptors (Lipinski definition) is 17. The van der Waals surface area contributed by atoms with E-state index in [0.717, 1.165) is 22.3 Å². The van der Waals surface area contributed by atoms with Crippen molar-refractivity contribution in [1.82, 2.24) is 5.32 Å². The van der Waals surface area contributed by atoms with E-state index in [1.54, 1.807) is 58.1 Å². The number of carbonyl (C=O) groups excluding carboxylic acids is 2. The Kier molecular flexibility index (Phi) is 24.6. The number of ether oxygens (including phenoxy) is 5. The molecule has 0 saturated carbocycles. The molecule has 2 aromatic rings. The van der Waals surface area contributed by atoms with Crippen LogP contribution in [0, 0.1) is 17.8 Å². The molecule has 4 aliphatic rings. The highest BCUT2D eigenvalue weighted by atomic mass is 16.7. The van der Waals surface area contributed by atoms with Gasteiger partial charge in [-0.15, -0.1) is 0 Å². The van der Waals surface area contributed by atoms with Gasteiger partial charge < -0.3 is 80.1 Å². The molecule has 0 spiro atoms. The summed E-state index contributed by atoms with van der Waals surface area (Å²) in [5.74, 6) is -4.45. The van der Waals surface area contributed by atoms with Gasteiger partial charge >= 0.3 is 12.1 Å². The van der Waals surface area contributed by atoms with Crippen molar-refractivity contribution in [3.8, 4) is 11.1 Å². The van der Waals surface area contributed by atoms with E-state index in [-0.39, 0.29) is 57.0 Å². The predicted molar refractivity (Wildman–Crippen MR) is 299 cm³/mol. The number of aliphatic hydroxyl groups is 10. The molecular weight excluding hydrogens is 1030 g/mol. The van der Waals surface area contributed by atoms with Crippen LogP contribution in [0.3, 0.4) is 0 Å². The number of allylic oxidation sites excluding steroid dienone is 12. The molecule has 18 heteroatoms. The fraction of sp³-hybridized carbons (Fsp3) is 0.548. The normalized spacial score (nSPS) is 39.7. The van der Waals surface area contributed by atoms with Gasteiger partial charge in [0.05, 0.1) is 73.5 Å². The minimum absolute atomic E-state index is 0.00760.